The number of thiophene rings is 1. The van der Waals surface area contributed by atoms with Crippen LogP contribution < -0.4 is 0 Å². The maximum atomic E-state index is 9.11. The van der Waals surface area contributed by atoms with Crippen molar-refractivity contribution in [3.8, 4) is 51.0 Å². The summed E-state index contributed by atoms with van der Waals surface area (Å²) in [5.41, 5.74) is 4.14. The van der Waals surface area contributed by atoms with E-state index in [2.05, 4.69) is 24.3 Å². The van der Waals surface area contributed by atoms with Crippen molar-refractivity contribution in [1.82, 2.24) is 19.5 Å². The molecule has 0 N–H and O–H groups in total. The highest BCUT2D eigenvalue weighted by Crippen LogP contribution is 2.38. The van der Waals surface area contributed by atoms with E-state index in [4.69, 9.17) is 25.9 Å². The minimum atomic E-state index is -0.498. The summed E-state index contributed by atoms with van der Waals surface area (Å²) in [5.74, 6) is 1.23. The van der Waals surface area contributed by atoms with E-state index in [-0.39, 0.29) is 33.9 Å². The molecule has 0 radical (unpaired) electrons. The normalized spacial score (nSPS) is 13.8. The highest BCUT2D eigenvalue weighted by Gasteiger charge is 2.18. The fourth-order valence-corrected chi connectivity index (χ4v) is 7.65. The molecule has 50 heavy (non-hydrogen) atoms. The van der Waals surface area contributed by atoms with Crippen molar-refractivity contribution < 1.29 is 11.0 Å². The van der Waals surface area contributed by atoms with Crippen LogP contribution in [0.15, 0.2) is 170 Å². The predicted molar refractivity (Wildman–Crippen MR) is 209 cm³/mol. The molecular formula is C45H28N4S. The van der Waals surface area contributed by atoms with Crippen LogP contribution in [-0.2, 0) is 0 Å². The molecule has 234 valence electrons. The van der Waals surface area contributed by atoms with E-state index in [1.807, 2.05) is 91.0 Å². The maximum absolute atomic E-state index is 9.11. The minimum Gasteiger partial charge on any atom is -0.309 e. The van der Waals surface area contributed by atoms with Gasteiger partial charge in [0, 0.05) is 53.3 Å². The maximum Gasteiger partial charge on any atom is 0.164 e. The molecule has 0 saturated carbocycles. The van der Waals surface area contributed by atoms with Crippen molar-refractivity contribution >= 4 is 53.3 Å². The number of hydrogen-bond acceptors (Lipinski definition) is 4. The molecule has 5 heteroatoms. The first kappa shape index (κ1) is 21.5. The van der Waals surface area contributed by atoms with Gasteiger partial charge in [0.2, 0.25) is 0 Å². The Bertz CT molecular complexity index is 3250. The number of rotatable bonds is 5. The van der Waals surface area contributed by atoms with Crippen molar-refractivity contribution in [2.24, 2.45) is 0 Å². The van der Waals surface area contributed by atoms with Gasteiger partial charge in [0.15, 0.2) is 17.5 Å². The largest absolute Gasteiger partial charge is 0.309 e. The lowest BCUT2D eigenvalue weighted by Gasteiger charge is -2.14. The van der Waals surface area contributed by atoms with Crippen LogP contribution in [0.2, 0.25) is 0 Å². The number of aromatic nitrogens is 4. The Morgan fingerprint density at radius 1 is 0.420 bits per heavy atom. The Morgan fingerprint density at radius 2 is 0.980 bits per heavy atom. The molecule has 0 fully saturated rings. The second-order valence-electron chi connectivity index (χ2n) is 11.9. The average Bonchev–Trinajstić information content (AvgIpc) is 3.83. The van der Waals surface area contributed by atoms with Crippen LogP contribution in [0.25, 0.3) is 93.0 Å². The Morgan fingerprint density at radius 3 is 1.70 bits per heavy atom. The Labute approximate surface area is 303 Å². The van der Waals surface area contributed by atoms with Gasteiger partial charge in [-0.2, -0.15) is 0 Å². The molecule has 7 aromatic carbocycles. The van der Waals surface area contributed by atoms with Gasteiger partial charge in [-0.1, -0.05) is 115 Å². The van der Waals surface area contributed by atoms with E-state index in [0.29, 0.717) is 28.7 Å². The molecule has 0 aliphatic heterocycles. The molecule has 4 nitrogen and oxygen atoms in total. The number of para-hydroxylation sites is 2. The van der Waals surface area contributed by atoms with Crippen LogP contribution >= 0.6 is 11.3 Å². The first-order chi connectivity index (χ1) is 28.1. The van der Waals surface area contributed by atoms with Crippen LogP contribution in [0.3, 0.4) is 0 Å². The molecule has 0 amide bonds. The van der Waals surface area contributed by atoms with Gasteiger partial charge in [-0.3, -0.25) is 0 Å². The third kappa shape index (κ3) is 4.79. The number of nitrogens with zero attached hydrogens (tertiary/aromatic N) is 4. The molecule has 0 unspecified atom stereocenters. The van der Waals surface area contributed by atoms with Gasteiger partial charge in [0.1, 0.15) is 0 Å². The molecule has 0 bridgehead atoms. The number of hydrogen-bond donors (Lipinski definition) is 0. The lowest BCUT2D eigenvalue weighted by Crippen LogP contribution is -2.01. The van der Waals surface area contributed by atoms with Crippen molar-refractivity contribution in [2.45, 2.75) is 0 Å². The second kappa shape index (κ2) is 11.6. The Kier molecular flexibility index (Phi) is 5.00. The molecule has 3 heterocycles. The lowest BCUT2D eigenvalue weighted by molar-refractivity contribution is 1.07. The number of benzene rings is 7. The molecule has 3 aromatic heterocycles. The summed E-state index contributed by atoms with van der Waals surface area (Å²) in [6.07, 6.45) is 0. The lowest BCUT2D eigenvalue weighted by atomic mass is 10.0. The van der Waals surface area contributed by atoms with Crippen LogP contribution in [0.1, 0.15) is 11.0 Å². The summed E-state index contributed by atoms with van der Waals surface area (Å²) < 4.78 is 74.2. The summed E-state index contributed by atoms with van der Waals surface area (Å²) in [6.45, 7) is 0. The first-order valence-electron chi connectivity index (χ1n) is 20.0. The minimum absolute atomic E-state index is 0.00446. The molecule has 0 aliphatic rings. The van der Waals surface area contributed by atoms with Crippen LogP contribution in [-0.4, -0.2) is 19.5 Å². The van der Waals surface area contributed by atoms with Gasteiger partial charge >= 0.3 is 0 Å². The average molecular weight is 665 g/mol. The number of fused-ring (bicyclic) bond motifs is 6. The van der Waals surface area contributed by atoms with Crippen molar-refractivity contribution in [1.29, 1.82) is 0 Å². The fraction of sp³-hybridized carbons (Fsp3) is 0. The molecule has 10 rings (SSSR count). The van der Waals surface area contributed by atoms with Crippen LogP contribution in [0, 0.1) is 0 Å². The van der Waals surface area contributed by atoms with E-state index in [1.165, 1.54) is 9.27 Å². The van der Waals surface area contributed by atoms with Gasteiger partial charge in [-0.25, -0.2) is 15.0 Å². The van der Waals surface area contributed by atoms with E-state index < -0.39 is 36.3 Å². The summed E-state index contributed by atoms with van der Waals surface area (Å²) in [7, 11) is 0. The standard InChI is InChI=1S/C45H28N4S/c1-3-13-29(14-4-1)32-25-33(27-34(26-32)49-39-20-10-7-17-35(39)36-18-8-11-21-40(36)49)45-47-43(30-15-5-2-6-16-30)46-44(48-45)31-23-24-42-38(28-31)37-19-9-12-22-41(37)50-42/h1-28H/i7D,8D,10D,11D,17D,18D,20D,21D. The van der Waals surface area contributed by atoms with Crippen LogP contribution in [0.4, 0.5) is 0 Å². The van der Waals surface area contributed by atoms with Gasteiger partial charge in [0.05, 0.1) is 22.0 Å². The fourth-order valence-electron chi connectivity index (χ4n) is 6.56. The third-order valence-electron chi connectivity index (χ3n) is 8.88. The zero-order valence-corrected chi connectivity index (χ0v) is 27.1. The summed E-state index contributed by atoms with van der Waals surface area (Å²) >= 11 is 1.72. The first-order valence-corrected chi connectivity index (χ1v) is 16.9. The van der Waals surface area contributed by atoms with E-state index >= 15 is 0 Å². The van der Waals surface area contributed by atoms with Gasteiger partial charge < -0.3 is 4.57 Å². The predicted octanol–water partition coefficient (Wildman–Crippen LogP) is 12.0. The zero-order valence-electron chi connectivity index (χ0n) is 34.2. The smallest absolute Gasteiger partial charge is 0.164 e. The van der Waals surface area contributed by atoms with E-state index in [1.54, 1.807) is 17.4 Å². The molecule has 0 aliphatic carbocycles. The molecule has 0 spiro atoms. The van der Waals surface area contributed by atoms with E-state index in [0.717, 1.165) is 37.7 Å². The Hall–Kier alpha value is -6.43. The van der Waals surface area contributed by atoms with E-state index in [9.17, 15) is 0 Å². The monoisotopic (exact) mass is 664 g/mol. The Balaban J connectivity index is 1.30. The van der Waals surface area contributed by atoms with Crippen molar-refractivity contribution in [3.05, 3.63) is 170 Å². The van der Waals surface area contributed by atoms with Crippen LogP contribution in [0.5, 0.6) is 0 Å². The van der Waals surface area contributed by atoms with Crippen molar-refractivity contribution in [2.75, 3.05) is 0 Å². The zero-order chi connectivity index (χ0) is 40.0. The second-order valence-corrected chi connectivity index (χ2v) is 13.0. The van der Waals surface area contributed by atoms with Gasteiger partial charge in [-0.15, -0.1) is 11.3 Å². The highest BCUT2D eigenvalue weighted by molar-refractivity contribution is 7.25. The molecular weight excluding hydrogens is 629 g/mol. The quantitative estimate of drug-likeness (QED) is 0.184. The third-order valence-corrected chi connectivity index (χ3v) is 10.0. The van der Waals surface area contributed by atoms with Crippen molar-refractivity contribution in [3.63, 3.8) is 0 Å². The molecule has 0 saturated heterocycles. The van der Waals surface area contributed by atoms with Gasteiger partial charge in [-0.05, 0) is 65.7 Å². The van der Waals surface area contributed by atoms with Gasteiger partial charge in [0.25, 0.3) is 0 Å². The SMILES string of the molecule is [2H]c1c([2H])c([2H])c2c(c1[2H])c1c([2H])c([2H])c([2H])c([2H])c1n2-c1cc(-c2ccccc2)cc(-c2nc(-c3ccccc3)nc(-c3ccc4sc5ccccc5c4c3)n2)c1. The topological polar surface area (TPSA) is 43.6 Å². The summed E-state index contributed by atoms with van der Waals surface area (Å²) in [4.78, 5) is 15.1. The summed E-state index contributed by atoms with van der Waals surface area (Å²) in [6, 6.07) is 35.8. The molecule has 0 atom stereocenters. The molecule has 10 aromatic rings. The summed E-state index contributed by atoms with van der Waals surface area (Å²) in [5, 5.41) is 2.24. The highest BCUT2D eigenvalue weighted by atomic mass is 32.1.